The van der Waals surface area contributed by atoms with Crippen molar-refractivity contribution in [2.24, 2.45) is 5.92 Å². The molecule has 1 N–H and O–H groups in total. The second-order valence-electron chi connectivity index (χ2n) is 6.31. The Kier molecular flexibility index (Phi) is 4.92. The van der Waals surface area contributed by atoms with Crippen molar-refractivity contribution in [3.63, 3.8) is 0 Å². The highest BCUT2D eigenvalue weighted by Gasteiger charge is 2.29. The van der Waals surface area contributed by atoms with Gasteiger partial charge in [-0.25, -0.2) is 9.59 Å². The SMILES string of the molecule is CCN(CC)C(=O)N1CCC(C(=O)c2ccc3[nH]c(=O)oc3c2)CC1. The molecule has 0 unspecified atom stereocenters. The van der Waals surface area contributed by atoms with Gasteiger partial charge in [0, 0.05) is 37.7 Å². The molecule has 0 radical (unpaired) electrons. The molecule has 0 atom stereocenters. The van der Waals surface area contributed by atoms with Crippen molar-refractivity contribution in [2.45, 2.75) is 26.7 Å². The van der Waals surface area contributed by atoms with Crippen LogP contribution in [0.3, 0.4) is 0 Å². The number of urea groups is 1. The second kappa shape index (κ2) is 7.13. The molecule has 0 bridgehead atoms. The van der Waals surface area contributed by atoms with E-state index in [4.69, 9.17) is 4.42 Å². The number of nitrogens with one attached hydrogen (secondary N) is 1. The number of hydrogen-bond acceptors (Lipinski definition) is 4. The number of likely N-dealkylation sites (tertiary alicyclic amines) is 1. The van der Waals surface area contributed by atoms with E-state index in [1.165, 1.54) is 0 Å². The first-order valence-corrected chi connectivity index (χ1v) is 8.74. The third-order valence-electron chi connectivity index (χ3n) is 4.88. The van der Waals surface area contributed by atoms with Gasteiger partial charge in [0.1, 0.15) is 0 Å². The summed E-state index contributed by atoms with van der Waals surface area (Å²) in [4.78, 5) is 42.5. The van der Waals surface area contributed by atoms with E-state index in [1.54, 1.807) is 23.1 Å². The standard InChI is InChI=1S/C18H23N3O4/c1-3-20(4-2)18(24)21-9-7-12(8-10-21)16(22)13-5-6-14-15(11-13)25-17(23)19-14/h5-6,11-12H,3-4,7-10H2,1-2H3,(H,19,23). The first-order chi connectivity index (χ1) is 12.0. The maximum atomic E-state index is 12.7. The summed E-state index contributed by atoms with van der Waals surface area (Å²) in [6, 6.07) is 5.06. The van der Waals surface area contributed by atoms with Crippen molar-refractivity contribution < 1.29 is 14.0 Å². The average molecular weight is 345 g/mol. The zero-order valence-electron chi connectivity index (χ0n) is 14.6. The molecule has 1 fully saturated rings. The normalized spacial score (nSPS) is 15.5. The number of fused-ring (bicyclic) bond motifs is 1. The van der Waals surface area contributed by atoms with Crippen molar-refractivity contribution in [1.82, 2.24) is 14.8 Å². The Morgan fingerprint density at radius 2 is 1.92 bits per heavy atom. The minimum Gasteiger partial charge on any atom is -0.408 e. The summed E-state index contributed by atoms with van der Waals surface area (Å²) in [5, 5.41) is 0. The lowest BCUT2D eigenvalue weighted by Crippen LogP contribution is -2.47. The van der Waals surface area contributed by atoms with Crippen LogP contribution in [-0.2, 0) is 0 Å². The maximum absolute atomic E-state index is 12.7. The van der Waals surface area contributed by atoms with E-state index in [1.807, 2.05) is 18.7 Å². The van der Waals surface area contributed by atoms with Crippen LogP contribution >= 0.6 is 0 Å². The molecule has 0 aliphatic carbocycles. The van der Waals surface area contributed by atoms with Crippen LogP contribution in [0.5, 0.6) is 0 Å². The van der Waals surface area contributed by atoms with Gasteiger partial charge in [0.05, 0.1) is 5.52 Å². The zero-order chi connectivity index (χ0) is 18.0. The molecule has 2 amide bonds. The number of carbonyl (C=O) groups is 2. The Bertz CT molecular complexity index is 826. The van der Waals surface area contributed by atoms with Crippen molar-refractivity contribution in [1.29, 1.82) is 0 Å². The quantitative estimate of drug-likeness (QED) is 0.863. The van der Waals surface area contributed by atoms with Crippen LogP contribution in [0.15, 0.2) is 27.4 Å². The summed E-state index contributed by atoms with van der Waals surface area (Å²) >= 11 is 0. The first-order valence-electron chi connectivity index (χ1n) is 8.74. The number of aromatic amines is 1. The molecule has 0 saturated carbocycles. The largest absolute Gasteiger partial charge is 0.417 e. The van der Waals surface area contributed by atoms with Crippen LogP contribution < -0.4 is 5.76 Å². The number of nitrogens with zero attached hydrogens (tertiary/aromatic N) is 2. The molecule has 3 rings (SSSR count). The number of amides is 2. The van der Waals surface area contributed by atoms with Gasteiger partial charge in [0.15, 0.2) is 11.4 Å². The first kappa shape index (κ1) is 17.3. The van der Waals surface area contributed by atoms with Gasteiger partial charge in [-0.3, -0.25) is 9.78 Å². The number of aromatic nitrogens is 1. The van der Waals surface area contributed by atoms with Gasteiger partial charge in [-0.15, -0.1) is 0 Å². The van der Waals surface area contributed by atoms with Crippen molar-refractivity contribution in [3.05, 3.63) is 34.3 Å². The number of oxazole rings is 1. The molecule has 1 saturated heterocycles. The lowest BCUT2D eigenvalue weighted by molar-refractivity contribution is 0.0836. The van der Waals surface area contributed by atoms with Gasteiger partial charge in [0.2, 0.25) is 0 Å². The molecule has 1 aliphatic rings. The van der Waals surface area contributed by atoms with Gasteiger partial charge in [-0.1, -0.05) is 0 Å². The summed E-state index contributed by atoms with van der Waals surface area (Å²) in [6.07, 6.45) is 1.31. The molecule has 134 valence electrons. The smallest absolute Gasteiger partial charge is 0.408 e. The van der Waals surface area contributed by atoms with E-state index in [2.05, 4.69) is 4.98 Å². The highest BCUT2D eigenvalue weighted by atomic mass is 16.4. The molecule has 7 heteroatoms. The molecule has 1 aliphatic heterocycles. The molecule has 7 nitrogen and oxygen atoms in total. The molecule has 0 spiro atoms. The highest BCUT2D eigenvalue weighted by molar-refractivity contribution is 6.00. The van der Waals surface area contributed by atoms with E-state index in [0.29, 0.717) is 55.7 Å². The maximum Gasteiger partial charge on any atom is 0.417 e. The molecule has 1 aromatic carbocycles. The van der Waals surface area contributed by atoms with E-state index >= 15 is 0 Å². The van der Waals surface area contributed by atoms with Gasteiger partial charge in [0.25, 0.3) is 0 Å². The Morgan fingerprint density at radius 1 is 1.24 bits per heavy atom. The third-order valence-corrected chi connectivity index (χ3v) is 4.88. The molecule has 2 heterocycles. The number of hydrogen-bond donors (Lipinski definition) is 1. The minimum absolute atomic E-state index is 0.0423. The fourth-order valence-corrected chi connectivity index (χ4v) is 3.36. The summed E-state index contributed by atoms with van der Waals surface area (Å²) in [7, 11) is 0. The van der Waals surface area contributed by atoms with Crippen LogP contribution in [0, 0.1) is 5.92 Å². The van der Waals surface area contributed by atoms with Crippen molar-refractivity contribution in [3.8, 4) is 0 Å². The van der Waals surface area contributed by atoms with Crippen LogP contribution in [-0.4, -0.2) is 52.8 Å². The zero-order valence-corrected chi connectivity index (χ0v) is 14.6. The topological polar surface area (TPSA) is 86.6 Å². The fourth-order valence-electron chi connectivity index (χ4n) is 3.36. The van der Waals surface area contributed by atoms with Crippen molar-refractivity contribution in [2.75, 3.05) is 26.2 Å². The van der Waals surface area contributed by atoms with E-state index < -0.39 is 5.76 Å². The monoisotopic (exact) mass is 345 g/mol. The van der Waals surface area contributed by atoms with Gasteiger partial charge in [-0.05, 0) is 44.9 Å². The van der Waals surface area contributed by atoms with Gasteiger partial charge in [-0.2, -0.15) is 0 Å². The lowest BCUT2D eigenvalue weighted by Gasteiger charge is -2.34. The molecular formula is C18H23N3O4. The van der Waals surface area contributed by atoms with Crippen molar-refractivity contribution >= 4 is 22.9 Å². The predicted molar refractivity (Wildman–Crippen MR) is 93.8 cm³/mol. The summed E-state index contributed by atoms with van der Waals surface area (Å²) in [5.41, 5.74) is 1.52. The van der Waals surface area contributed by atoms with Crippen LogP contribution in [0.25, 0.3) is 11.1 Å². The minimum atomic E-state index is -0.525. The second-order valence-corrected chi connectivity index (χ2v) is 6.31. The fraction of sp³-hybridized carbons (Fsp3) is 0.500. The third kappa shape index (κ3) is 3.45. The van der Waals surface area contributed by atoms with E-state index in [-0.39, 0.29) is 17.7 Å². The number of Topliss-reactive ketones (excluding diaryl/α,β-unsaturated/α-hetero) is 1. The molecular weight excluding hydrogens is 322 g/mol. The Hall–Kier alpha value is -2.57. The van der Waals surface area contributed by atoms with Crippen LogP contribution in [0.2, 0.25) is 0 Å². The molecule has 1 aromatic heterocycles. The Balaban J connectivity index is 1.66. The number of piperidine rings is 1. The Labute approximate surface area is 145 Å². The van der Waals surface area contributed by atoms with Gasteiger partial charge >= 0.3 is 11.8 Å². The highest BCUT2D eigenvalue weighted by Crippen LogP contribution is 2.24. The number of rotatable bonds is 4. The number of H-pyrrole nitrogens is 1. The summed E-state index contributed by atoms with van der Waals surface area (Å²) in [6.45, 7) is 6.49. The molecule has 2 aromatic rings. The number of carbonyl (C=O) groups excluding carboxylic acids is 2. The Morgan fingerprint density at radius 3 is 2.56 bits per heavy atom. The van der Waals surface area contributed by atoms with Crippen LogP contribution in [0.4, 0.5) is 4.79 Å². The number of ketones is 1. The van der Waals surface area contributed by atoms with E-state index in [9.17, 15) is 14.4 Å². The van der Waals surface area contributed by atoms with E-state index in [0.717, 1.165) is 0 Å². The van der Waals surface area contributed by atoms with Gasteiger partial charge < -0.3 is 14.2 Å². The lowest BCUT2D eigenvalue weighted by atomic mass is 9.89. The molecule has 25 heavy (non-hydrogen) atoms. The number of benzene rings is 1. The van der Waals surface area contributed by atoms with Crippen LogP contribution in [0.1, 0.15) is 37.0 Å². The average Bonchev–Trinajstić information content (AvgIpc) is 3.01. The summed E-state index contributed by atoms with van der Waals surface area (Å²) < 4.78 is 5.02. The predicted octanol–water partition coefficient (Wildman–Crippen LogP) is 2.48. The summed E-state index contributed by atoms with van der Waals surface area (Å²) in [5.74, 6) is -0.590.